The molecule has 2 heteroatoms. The third-order valence-electron chi connectivity index (χ3n) is 4.44. The summed E-state index contributed by atoms with van der Waals surface area (Å²) in [5.41, 5.74) is 2.48. The third kappa shape index (κ3) is 4.32. The van der Waals surface area contributed by atoms with Crippen molar-refractivity contribution in [1.29, 1.82) is 0 Å². The Morgan fingerprint density at radius 2 is 1.63 bits per heavy atom. The SMILES string of the molecule is Cc1ccc(CNCC2(O)CCC(C)(C)CC2)cc1. The number of benzene rings is 1. The first kappa shape index (κ1) is 14.5. The van der Waals surface area contributed by atoms with E-state index in [9.17, 15) is 5.11 Å². The second-order valence-electron chi connectivity index (χ2n) is 6.98. The first-order chi connectivity index (χ1) is 8.89. The van der Waals surface area contributed by atoms with E-state index >= 15 is 0 Å². The highest BCUT2D eigenvalue weighted by Gasteiger charge is 2.36. The molecule has 1 aliphatic rings. The second-order valence-corrected chi connectivity index (χ2v) is 6.98. The zero-order valence-corrected chi connectivity index (χ0v) is 12.5. The van der Waals surface area contributed by atoms with Gasteiger partial charge in [0.1, 0.15) is 0 Å². The predicted octanol–water partition coefficient (Wildman–Crippen LogP) is 3.42. The van der Waals surface area contributed by atoms with E-state index < -0.39 is 5.60 Å². The first-order valence-electron chi connectivity index (χ1n) is 7.37. The lowest BCUT2D eigenvalue weighted by Gasteiger charge is -2.40. The summed E-state index contributed by atoms with van der Waals surface area (Å²) in [5, 5.41) is 14.0. The van der Waals surface area contributed by atoms with Crippen molar-refractivity contribution in [1.82, 2.24) is 5.32 Å². The molecule has 1 aromatic rings. The largest absolute Gasteiger partial charge is 0.389 e. The van der Waals surface area contributed by atoms with E-state index in [2.05, 4.69) is 50.4 Å². The predicted molar refractivity (Wildman–Crippen MR) is 80.1 cm³/mol. The van der Waals surface area contributed by atoms with Gasteiger partial charge in [0, 0.05) is 13.1 Å². The Kier molecular flexibility index (Phi) is 4.32. The molecule has 0 amide bonds. The van der Waals surface area contributed by atoms with Crippen molar-refractivity contribution in [2.24, 2.45) is 5.41 Å². The molecule has 2 N–H and O–H groups in total. The minimum Gasteiger partial charge on any atom is -0.389 e. The minimum atomic E-state index is -0.500. The van der Waals surface area contributed by atoms with Crippen molar-refractivity contribution in [2.45, 2.75) is 58.6 Å². The van der Waals surface area contributed by atoms with Crippen molar-refractivity contribution < 1.29 is 5.11 Å². The Balaban J connectivity index is 1.78. The zero-order valence-electron chi connectivity index (χ0n) is 12.5. The molecule has 0 saturated heterocycles. The zero-order chi connectivity index (χ0) is 13.9. The van der Waals surface area contributed by atoms with Gasteiger partial charge in [-0.1, -0.05) is 43.7 Å². The van der Waals surface area contributed by atoms with Crippen LogP contribution >= 0.6 is 0 Å². The van der Waals surface area contributed by atoms with E-state index in [1.165, 1.54) is 11.1 Å². The van der Waals surface area contributed by atoms with Crippen molar-refractivity contribution in [3.8, 4) is 0 Å². The van der Waals surface area contributed by atoms with Gasteiger partial charge in [-0.05, 0) is 43.6 Å². The van der Waals surface area contributed by atoms with Crippen LogP contribution in [0.15, 0.2) is 24.3 Å². The number of hydrogen-bond acceptors (Lipinski definition) is 2. The molecule has 0 spiro atoms. The number of hydrogen-bond donors (Lipinski definition) is 2. The van der Waals surface area contributed by atoms with E-state index in [0.717, 1.165) is 32.2 Å². The van der Waals surface area contributed by atoms with Gasteiger partial charge in [-0.2, -0.15) is 0 Å². The average molecular weight is 261 g/mol. The van der Waals surface area contributed by atoms with Crippen LogP contribution in [-0.2, 0) is 6.54 Å². The lowest BCUT2D eigenvalue weighted by Crippen LogP contribution is -2.44. The first-order valence-corrected chi connectivity index (χ1v) is 7.37. The summed E-state index contributed by atoms with van der Waals surface area (Å²) in [7, 11) is 0. The average Bonchev–Trinajstić information content (AvgIpc) is 2.36. The van der Waals surface area contributed by atoms with Crippen LogP contribution in [0.1, 0.15) is 50.7 Å². The normalized spacial score (nSPS) is 21.3. The molecule has 0 radical (unpaired) electrons. The van der Waals surface area contributed by atoms with Crippen LogP contribution in [0.4, 0.5) is 0 Å². The summed E-state index contributed by atoms with van der Waals surface area (Å²) in [4.78, 5) is 0. The maximum Gasteiger partial charge on any atom is 0.0772 e. The standard InChI is InChI=1S/C17H27NO/c1-14-4-6-15(7-5-14)12-18-13-17(19)10-8-16(2,3)9-11-17/h4-7,18-19H,8-13H2,1-3H3. The Bertz CT molecular complexity index is 398. The summed E-state index contributed by atoms with van der Waals surface area (Å²) in [6.45, 7) is 8.24. The summed E-state index contributed by atoms with van der Waals surface area (Å²) < 4.78 is 0. The number of nitrogens with one attached hydrogen (secondary N) is 1. The Morgan fingerprint density at radius 1 is 1.05 bits per heavy atom. The van der Waals surface area contributed by atoms with Crippen molar-refractivity contribution in [3.63, 3.8) is 0 Å². The fourth-order valence-electron chi connectivity index (χ4n) is 2.71. The van der Waals surface area contributed by atoms with Gasteiger partial charge in [0.05, 0.1) is 5.60 Å². The van der Waals surface area contributed by atoms with Gasteiger partial charge in [-0.15, -0.1) is 0 Å². The van der Waals surface area contributed by atoms with Gasteiger partial charge in [0.25, 0.3) is 0 Å². The maximum absolute atomic E-state index is 10.6. The van der Waals surface area contributed by atoms with Gasteiger partial charge >= 0.3 is 0 Å². The molecule has 2 rings (SSSR count). The van der Waals surface area contributed by atoms with E-state index in [-0.39, 0.29) is 0 Å². The maximum atomic E-state index is 10.6. The Hall–Kier alpha value is -0.860. The van der Waals surface area contributed by atoms with Crippen LogP contribution in [0.5, 0.6) is 0 Å². The van der Waals surface area contributed by atoms with Crippen LogP contribution in [0.3, 0.4) is 0 Å². The highest BCUT2D eigenvalue weighted by molar-refractivity contribution is 5.21. The lowest BCUT2D eigenvalue weighted by atomic mass is 9.71. The van der Waals surface area contributed by atoms with E-state index in [1.54, 1.807) is 0 Å². The minimum absolute atomic E-state index is 0.406. The van der Waals surface area contributed by atoms with Crippen molar-refractivity contribution in [3.05, 3.63) is 35.4 Å². The number of aryl methyl sites for hydroxylation is 1. The van der Waals surface area contributed by atoms with Gasteiger partial charge in [-0.25, -0.2) is 0 Å². The fourth-order valence-corrected chi connectivity index (χ4v) is 2.71. The Labute approximate surface area is 117 Å². The van der Waals surface area contributed by atoms with E-state index in [4.69, 9.17) is 0 Å². The number of aliphatic hydroxyl groups is 1. The molecule has 0 aliphatic heterocycles. The Morgan fingerprint density at radius 3 is 2.21 bits per heavy atom. The summed E-state index contributed by atoms with van der Waals surface area (Å²) in [6.07, 6.45) is 4.08. The fraction of sp³-hybridized carbons (Fsp3) is 0.647. The highest BCUT2D eigenvalue weighted by Crippen LogP contribution is 2.39. The quantitative estimate of drug-likeness (QED) is 0.870. The summed E-state index contributed by atoms with van der Waals surface area (Å²) in [6, 6.07) is 8.57. The van der Waals surface area contributed by atoms with Crippen LogP contribution < -0.4 is 5.32 Å². The van der Waals surface area contributed by atoms with Crippen molar-refractivity contribution >= 4 is 0 Å². The highest BCUT2D eigenvalue weighted by atomic mass is 16.3. The molecule has 1 aliphatic carbocycles. The molecule has 0 atom stereocenters. The molecule has 0 unspecified atom stereocenters. The smallest absolute Gasteiger partial charge is 0.0772 e. The number of rotatable bonds is 4. The van der Waals surface area contributed by atoms with Crippen LogP contribution in [0.25, 0.3) is 0 Å². The summed E-state index contributed by atoms with van der Waals surface area (Å²) in [5.74, 6) is 0. The van der Waals surface area contributed by atoms with Gasteiger partial charge in [0.15, 0.2) is 0 Å². The van der Waals surface area contributed by atoms with Crippen LogP contribution in [0.2, 0.25) is 0 Å². The van der Waals surface area contributed by atoms with Crippen LogP contribution in [-0.4, -0.2) is 17.3 Å². The lowest BCUT2D eigenvalue weighted by molar-refractivity contribution is -0.0245. The summed E-state index contributed by atoms with van der Waals surface area (Å²) >= 11 is 0. The molecule has 2 nitrogen and oxygen atoms in total. The van der Waals surface area contributed by atoms with Gasteiger partial charge in [-0.3, -0.25) is 0 Å². The molecule has 0 aromatic heterocycles. The molecule has 0 heterocycles. The van der Waals surface area contributed by atoms with Crippen molar-refractivity contribution in [2.75, 3.05) is 6.54 Å². The molecule has 1 saturated carbocycles. The topological polar surface area (TPSA) is 32.3 Å². The second kappa shape index (κ2) is 5.64. The van der Waals surface area contributed by atoms with Gasteiger partial charge < -0.3 is 10.4 Å². The van der Waals surface area contributed by atoms with E-state index in [1.807, 2.05) is 0 Å². The van der Waals surface area contributed by atoms with E-state index in [0.29, 0.717) is 12.0 Å². The molecule has 19 heavy (non-hydrogen) atoms. The molecular formula is C17H27NO. The molecule has 1 fully saturated rings. The van der Waals surface area contributed by atoms with Gasteiger partial charge in [0.2, 0.25) is 0 Å². The molecule has 106 valence electrons. The molecular weight excluding hydrogens is 234 g/mol. The molecule has 1 aromatic carbocycles. The third-order valence-corrected chi connectivity index (χ3v) is 4.44. The molecule has 0 bridgehead atoms. The monoisotopic (exact) mass is 261 g/mol. The van der Waals surface area contributed by atoms with Crippen LogP contribution in [0, 0.1) is 12.3 Å².